The molecular weight excluding hydrogens is 322 g/mol. The lowest BCUT2D eigenvalue weighted by molar-refractivity contribution is 0.148. The molecule has 5 nitrogen and oxygen atoms in total. The highest BCUT2D eigenvalue weighted by atomic mass is 15.2. The van der Waals surface area contributed by atoms with Crippen LogP contribution in [-0.2, 0) is 13.1 Å². The molecule has 0 aliphatic carbocycles. The van der Waals surface area contributed by atoms with Crippen LogP contribution in [-0.4, -0.2) is 62.6 Å². The number of unbranched alkanes of at least 4 members (excludes halogenated alkanes) is 3. The van der Waals surface area contributed by atoms with Crippen LogP contribution in [0.1, 0.15) is 43.7 Å². The largest absolute Gasteiger partial charge is 0.356 e. The van der Waals surface area contributed by atoms with E-state index < -0.39 is 0 Å². The summed E-state index contributed by atoms with van der Waals surface area (Å²) in [5, 5.41) is 6.80. The van der Waals surface area contributed by atoms with E-state index in [1.54, 1.807) is 0 Å². The number of piperazine rings is 1. The average Bonchev–Trinajstić information content (AvgIpc) is 2.67. The monoisotopic (exact) mass is 359 g/mol. The normalized spacial score (nSPS) is 16.7. The summed E-state index contributed by atoms with van der Waals surface area (Å²) < 4.78 is 0. The summed E-state index contributed by atoms with van der Waals surface area (Å²) >= 11 is 0. The van der Waals surface area contributed by atoms with Gasteiger partial charge in [0.15, 0.2) is 5.96 Å². The van der Waals surface area contributed by atoms with E-state index in [0.29, 0.717) is 0 Å². The Balaban J connectivity index is 1.69. The Morgan fingerprint density at radius 3 is 2.31 bits per heavy atom. The topological polar surface area (TPSA) is 42.9 Å². The summed E-state index contributed by atoms with van der Waals surface area (Å²) in [6.45, 7) is 9.78. The van der Waals surface area contributed by atoms with Crippen LogP contribution in [0.15, 0.2) is 29.3 Å². The summed E-state index contributed by atoms with van der Waals surface area (Å²) in [6, 6.07) is 8.98. The molecule has 1 fully saturated rings. The minimum Gasteiger partial charge on any atom is -0.356 e. The number of rotatable bonds is 9. The van der Waals surface area contributed by atoms with Gasteiger partial charge in [-0.25, -0.2) is 0 Å². The lowest BCUT2D eigenvalue weighted by Gasteiger charge is -2.32. The number of benzene rings is 1. The Labute approximate surface area is 159 Å². The van der Waals surface area contributed by atoms with Gasteiger partial charge in [-0.1, -0.05) is 50.5 Å². The molecule has 0 saturated carbocycles. The van der Waals surface area contributed by atoms with E-state index in [1.165, 1.54) is 63.0 Å². The first-order valence-corrected chi connectivity index (χ1v) is 10.1. The predicted octanol–water partition coefficient (Wildman–Crippen LogP) is 2.68. The Hall–Kier alpha value is -1.59. The number of aliphatic imine (C=N–C) groups is 1. The van der Waals surface area contributed by atoms with Crippen LogP contribution in [0.3, 0.4) is 0 Å². The highest BCUT2D eigenvalue weighted by molar-refractivity contribution is 5.79. The quantitative estimate of drug-likeness (QED) is 0.404. The maximum absolute atomic E-state index is 4.31. The van der Waals surface area contributed by atoms with Gasteiger partial charge in [0.05, 0.1) is 0 Å². The fourth-order valence-corrected chi connectivity index (χ4v) is 3.19. The predicted molar refractivity (Wildman–Crippen MR) is 112 cm³/mol. The van der Waals surface area contributed by atoms with Crippen LogP contribution in [0.2, 0.25) is 0 Å². The smallest absolute Gasteiger partial charge is 0.191 e. The van der Waals surface area contributed by atoms with E-state index in [9.17, 15) is 0 Å². The van der Waals surface area contributed by atoms with Crippen LogP contribution in [0, 0.1) is 0 Å². The van der Waals surface area contributed by atoms with Crippen LogP contribution in [0.25, 0.3) is 0 Å². The highest BCUT2D eigenvalue weighted by Crippen LogP contribution is 2.09. The molecule has 0 aromatic heterocycles. The van der Waals surface area contributed by atoms with Gasteiger partial charge in [0.25, 0.3) is 0 Å². The minimum atomic E-state index is 0.809. The second kappa shape index (κ2) is 11.9. The molecule has 2 N–H and O–H groups in total. The zero-order valence-electron chi connectivity index (χ0n) is 16.9. The van der Waals surface area contributed by atoms with Crippen molar-refractivity contribution < 1.29 is 0 Å². The van der Waals surface area contributed by atoms with Gasteiger partial charge in [-0.05, 0) is 24.6 Å². The average molecular weight is 360 g/mol. The molecule has 0 bridgehead atoms. The fraction of sp³-hybridized carbons (Fsp3) is 0.667. The molecule has 1 saturated heterocycles. The summed E-state index contributed by atoms with van der Waals surface area (Å²) in [5.41, 5.74) is 2.69. The Morgan fingerprint density at radius 2 is 1.65 bits per heavy atom. The molecule has 2 rings (SSSR count). The van der Waals surface area contributed by atoms with Crippen molar-refractivity contribution in [3.05, 3.63) is 35.4 Å². The first-order chi connectivity index (χ1) is 12.7. The van der Waals surface area contributed by atoms with Gasteiger partial charge in [0.2, 0.25) is 0 Å². The molecule has 1 aliphatic heterocycles. The first-order valence-electron chi connectivity index (χ1n) is 10.1. The lowest BCUT2D eigenvalue weighted by Crippen LogP contribution is -2.43. The van der Waals surface area contributed by atoms with Gasteiger partial charge in [-0.3, -0.25) is 9.89 Å². The second-order valence-electron chi connectivity index (χ2n) is 7.31. The van der Waals surface area contributed by atoms with Gasteiger partial charge in [-0.15, -0.1) is 0 Å². The minimum absolute atomic E-state index is 0.809. The summed E-state index contributed by atoms with van der Waals surface area (Å²) in [4.78, 5) is 9.24. The molecule has 1 aromatic carbocycles. The maximum Gasteiger partial charge on any atom is 0.191 e. The Kier molecular flexibility index (Phi) is 9.50. The molecule has 0 atom stereocenters. The van der Waals surface area contributed by atoms with Gasteiger partial charge in [-0.2, -0.15) is 0 Å². The van der Waals surface area contributed by atoms with Crippen molar-refractivity contribution in [3.63, 3.8) is 0 Å². The van der Waals surface area contributed by atoms with E-state index in [-0.39, 0.29) is 0 Å². The number of hydrogen-bond donors (Lipinski definition) is 2. The van der Waals surface area contributed by atoms with Gasteiger partial charge in [0, 0.05) is 52.9 Å². The van der Waals surface area contributed by atoms with E-state index in [0.717, 1.165) is 25.6 Å². The van der Waals surface area contributed by atoms with Crippen molar-refractivity contribution in [2.45, 2.75) is 45.7 Å². The number of hydrogen-bond acceptors (Lipinski definition) is 3. The molecule has 1 aliphatic rings. The van der Waals surface area contributed by atoms with Crippen LogP contribution < -0.4 is 10.6 Å². The first kappa shape index (κ1) is 20.7. The summed E-state index contributed by atoms with van der Waals surface area (Å²) in [5.74, 6) is 0.892. The molecule has 1 aromatic rings. The zero-order valence-corrected chi connectivity index (χ0v) is 16.9. The molecule has 0 radical (unpaired) electrons. The highest BCUT2D eigenvalue weighted by Gasteiger charge is 2.13. The standard InChI is InChI=1S/C21H37N5/c1-4-5-6-7-12-23-21(22-2)24-17-19-8-10-20(11-9-19)18-26-15-13-25(3)14-16-26/h8-11H,4-7,12-18H2,1-3H3,(H2,22,23,24). The molecule has 0 amide bonds. The lowest BCUT2D eigenvalue weighted by atomic mass is 10.1. The van der Waals surface area contributed by atoms with E-state index in [4.69, 9.17) is 0 Å². The fourth-order valence-electron chi connectivity index (χ4n) is 3.19. The molecule has 1 heterocycles. The van der Waals surface area contributed by atoms with Gasteiger partial charge in [0.1, 0.15) is 0 Å². The molecule has 0 unspecified atom stereocenters. The van der Waals surface area contributed by atoms with Crippen molar-refractivity contribution in [1.29, 1.82) is 0 Å². The van der Waals surface area contributed by atoms with Crippen molar-refractivity contribution in [1.82, 2.24) is 20.4 Å². The number of nitrogens with zero attached hydrogens (tertiary/aromatic N) is 3. The Bertz CT molecular complexity index is 518. The maximum atomic E-state index is 4.31. The van der Waals surface area contributed by atoms with Crippen molar-refractivity contribution in [2.75, 3.05) is 46.8 Å². The molecule has 5 heteroatoms. The van der Waals surface area contributed by atoms with Crippen LogP contribution in [0.5, 0.6) is 0 Å². The van der Waals surface area contributed by atoms with E-state index in [1.807, 2.05) is 7.05 Å². The summed E-state index contributed by atoms with van der Waals surface area (Å²) in [7, 11) is 4.04. The third kappa shape index (κ3) is 7.75. The molecule has 0 spiro atoms. The van der Waals surface area contributed by atoms with Crippen LogP contribution in [0.4, 0.5) is 0 Å². The second-order valence-corrected chi connectivity index (χ2v) is 7.31. The van der Waals surface area contributed by atoms with Crippen LogP contribution >= 0.6 is 0 Å². The van der Waals surface area contributed by atoms with Crippen molar-refractivity contribution in [2.24, 2.45) is 4.99 Å². The number of guanidine groups is 1. The zero-order chi connectivity index (χ0) is 18.6. The molecule has 146 valence electrons. The van der Waals surface area contributed by atoms with E-state index >= 15 is 0 Å². The number of nitrogens with one attached hydrogen (secondary N) is 2. The number of likely N-dealkylation sites (N-methyl/N-ethyl adjacent to an activating group) is 1. The van der Waals surface area contributed by atoms with Gasteiger partial charge >= 0.3 is 0 Å². The van der Waals surface area contributed by atoms with Crippen molar-refractivity contribution in [3.8, 4) is 0 Å². The Morgan fingerprint density at radius 1 is 0.962 bits per heavy atom. The third-order valence-corrected chi connectivity index (χ3v) is 5.03. The van der Waals surface area contributed by atoms with Gasteiger partial charge < -0.3 is 15.5 Å². The third-order valence-electron chi connectivity index (χ3n) is 5.03. The van der Waals surface area contributed by atoms with Crippen molar-refractivity contribution >= 4 is 5.96 Å². The van der Waals surface area contributed by atoms with E-state index in [2.05, 4.69) is 63.7 Å². The molecule has 26 heavy (non-hydrogen) atoms. The molecular formula is C21H37N5. The SMILES string of the molecule is CCCCCCNC(=NC)NCc1ccc(CN2CCN(C)CC2)cc1. The summed E-state index contributed by atoms with van der Waals surface area (Å²) in [6.07, 6.45) is 5.08.